The largest absolute Gasteiger partial charge is 0.465 e. The summed E-state index contributed by atoms with van der Waals surface area (Å²) in [6.07, 6.45) is -2.29. The summed E-state index contributed by atoms with van der Waals surface area (Å²) in [5.74, 6) is -0.611. The van der Waals surface area contributed by atoms with Gasteiger partial charge in [0, 0.05) is 11.4 Å². The van der Waals surface area contributed by atoms with Crippen molar-refractivity contribution in [3.63, 3.8) is 0 Å². The molecule has 1 rings (SSSR count). The zero-order chi connectivity index (χ0) is 17.8. The lowest BCUT2D eigenvalue weighted by Crippen LogP contribution is -2.47. The van der Waals surface area contributed by atoms with Gasteiger partial charge in [-0.1, -0.05) is 44.0 Å². The molecule has 128 valence electrons. The highest BCUT2D eigenvalue weighted by Crippen LogP contribution is 2.26. The van der Waals surface area contributed by atoms with Gasteiger partial charge in [-0.25, -0.2) is 4.79 Å². The van der Waals surface area contributed by atoms with Crippen LogP contribution in [0.3, 0.4) is 0 Å². The highest BCUT2D eigenvalue weighted by Gasteiger charge is 2.30. The molecule has 0 saturated carbocycles. The van der Waals surface area contributed by atoms with Crippen LogP contribution in [-0.2, 0) is 4.79 Å². The van der Waals surface area contributed by atoms with Crippen molar-refractivity contribution in [1.29, 1.82) is 0 Å². The topological polar surface area (TPSA) is 98.7 Å². The molecule has 0 aliphatic carbocycles. The molecule has 2 amide bonds. The number of aliphatic hydroxyl groups is 1. The molecule has 0 bridgehead atoms. The number of benzene rings is 1. The van der Waals surface area contributed by atoms with Crippen molar-refractivity contribution < 1.29 is 19.8 Å². The number of hydrogen-bond acceptors (Lipinski definition) is 3. The van der Waals surface area contributed by atoms with Crippen molar-refractivity contribution in [3.05, 3.63) is 28.2 Å². The van der Waals surface area contributed by atoms with Gasteiger partial charge in [-0.3, -0.25) is 4.79 Å². The number of anilines is 1. The zero-order valence-corrected chi connectivity index (χ0v) is 14.6. The third-order valence-electron chi connectivity index (χ3n) is 3.26. The van der Waals surface area contributed by atoms with E-state index in [0.29, 0.717) is 10.7 Å². The summed E-state index contributed by atoms with van der Waals surface area (Å²) in [6, 6.07) is 3.41. The minimum absolute atomic E-state index is 0.0627. The molecule has 0 aliphatic heterocycles. The van der Waals surface area contributed by atoms with Crippen LogP contribution in [0.2, 0.25) is 10.0 Å². The molecule has 2 atom stereocenters. The van der Waals surface area contributed by atoms with Crippen LogP contribution in [0.4, 0.5) is 10.5 Å². The molecular formula is C15H20Cl2N2O4. The Morgan fingerprint density at radius 3 is 2.35 bits per heavy atom. The molecule has 1 aromatic carbocycles. The second-order valence-electron chi connectivity index (χ2n) is 6.23. The van der Waals surface area contributed by atoms with Crippen LogP contribution in [0.15, 0.2) is 18.2 Å². The van der Waals surface area contributed by atoms with Gasteiger partial charge in [0.25, 0.3) is 0 Å². The van der Waals surface area contributed by atoms with Gasteiger partial charge in [-0.2, -0.15) is 0 Å². The number of hydrogen-bond donors (Lipinski definition) is 4. The Kier molecular flexibility index (Phi) is 6.68. The third kappa shape index (κ3) is 6.25. The smallest absolute Gasteiger partial charge is 0.405 e. The molecule has 0 heterocycles. The fraction of sp³-hybridized carbons (Fsp3) is 0.467. The van der Waals surface area contributed by atoms with Crippen LogP contribution in [0.5, 0.6) is 0 Å². The molecular weight excluding hydrogens is 343 g/mol. The van der Waals surface area contributed by atoms with Gasteiger partial charge < -0.3 is 20.8 Å². The first-order valence-electron chi connectivity index (χ1n) is 6.94. The molecule has 6 nitrogen and oxygen atoms in total. The van der Waals surface area contributed by atoms with Crippen molar-refractivity contribution in [1.82, 2.24) is 5.32 Å². The number of amides is 2. The highest BCUT2D eigenvalue weighted by atomic mass is 35.5. The lowest BCUT2D eigenvalue weighted by atomic mass is 9.85. The molecule has 1 unspecified atom stereocenters. The minimum atomic E-state index is -1.35. The molecule has 0 fully saturated rings. The number of rotatable bonds is 5. The van der Waals surface area contributed by atoms with E-state index < -0.39 is 29.6 Å². The van der Waals surface area contributed by atoms with Crippen LogP contribution < -0.4 is 10.6 Å². The first-order chi connectivity index (χ1) is 10.5. The van der Waals surface area contributed by atoms with Gasteiger partial charge in [0.05, 0.1) is 16.8 Å². The predicted molar refractivity (Wildman–Crippen MR) is 90.1 cm³/mol. The standard InChI is InChI=1S/C15H20Cl2N2O4/c1-15(2,3)12(20)7-11(19-14(22)23)13(21)18-10-5-4-8(16)6-9(10)17/h4-6,11-12,19-20H,7H2,1-3H3,(H,18,21)(H,22,23)/t11-,12?/m0/s1. The summed E-state index contributed by atoms with van der Waals surface area (Å²) in [5, 5.41) is 24.3. The molecule has 0 saturated heterocycles. The Hall–Kier alpha value is -1.50. The first-order valence-corrected chi connectivity index (χ1v) is 7.69. The third-order valence-corrected chi connectivity index (χ3v) is 3.81. The normalized spacial score (nSPS) is 14.0. The maximum atomic E-state index is 12.3. The van der Waals surface area contributed by atoms with E-state index >= 15 is 0 Å². The average molecular weight is 363 g/mol. The zero-order valence-electron chi connectivity index (χ0n) is 13.1. The number of halogens is 2. The Bertz CT molecular complexity index is 587. The molecule has 0 aromatic heterocycles. The van der Waals surface area contributed by atoms with E-state index in [1.807, 2.05) is 0 Å². The molecule has 1 aromatic rings. The number of nitrogens with one attached hydrogen (secondary N) is 2. The molecule has 0 spiro atoms. The second kappa shape index (κ2) is 7.86. The van der Waals surface area contributed by atoms with Gasteiger partial charge >= 0.3 is 6.09 Å². The van der Waals surface area contributed by atoms with Gasteiger partial charge in [-0.15, -0.1) is 0 Å². The lowest BCUT2D eigenvalue weighted by molar-refractivity contribution is -0.119. The van der Waals surface area contributed by atoms with Gasteiger partial charge in [0.15, 0.2) is 0 Å². The molecule has 4 N–H and O–H groups in total. The molecule has 8 heteroatoms. The Balaban J connectivity index is 2.89. The quantitative estimate of drug-likeness (QED) is 0.645. The average Bonchev–Trinajstić information content (AvgIpc) is 2.39. The van der Waals surface area contributed by atoms with Crippen LogP contribution in [0.1, 0.15) is 27.2 Å². The van der Waals surface area contributed by atoms with Gasteiger partial charge in [0.2, 0.25) is 5.91 Å². The number of aliphatic hydroxyl groups excluding tert-OH is 1. The van der Waals surface area contributed by atoms with Crippen molar-refractivity contribution in [2.75, 3.05) is 5.32 Å². The van der Waals surface area contributed by atoms with Crippen molar-refractivity contribution in [2.24, 2.45) is 5.41 Å². The lowest BCUT2D eigenvalue weighted by Gasteiger charge is -2.29. The summed E-state index contributed by atoms with van der Waals surface area (Å²) in [7, 11) is 0. The van der Waals surface area contributed by atoms with Crippen LogP contribution in [0.25, 0.3) is 0 Å². The summed E-state index contributed by atoms with van der Waals surface area (Å²) >= 11 is 11.8. The minimum Gasteiger partial charge on any atom is -0.465 e. The van der Waals surface area contributed by atoms with E-state index in [4.69, 9.17) is 28.3 Å². The fourth-order valence-electron chi connectivity index (χ4n) is 1.77. The maximum absolute atomic E-state index is 12.3. The predicted octanol–water partition coefficient (Wildman–Crippen LogP) is 3.37. The van der Waals surface area contributed by atoms with E-state index in [0.717, 1.165) is 0 Å². The van der Waals surface area contributed by atoms with Crippen molar-refractivity contribution in [3.8, 4) is 0 Å². The summed E-state index contributed by atoms with van der Waals surface area (Å²) in [5.41, 5.74) is -0.181. The maximum Gasteiger partial charge on any atom is 0.405 e. The Morgan fingerprint density at radius 2 is 1.87 bits per heavy atom. The number of carbonyl (C=O) groups is 2. The number of carboxylic acid groups (broad SMARTS) is 1. The Labute approximate surface area is 144 Å². The molecule has 23 heavy (non-hydrogen) atoms. The number of carbonyl (C=O) groups excluding carboxylic acids is 1. The van der Waals surface area contributed by atoms with E-state index in [1.165, 1.54) is 12.1 Å². The highest BCUT2D eigenvalue weighted by molar-refractivity contribution is 6.36. The molecule has 0 aliphatic rings. The first kappa shape index (κ1) is 19.5. The summed E-state index contributed by atoms with van der Waals surface area (Å²) < 4.78 is 0. The molecule has 0 radical (unpaired) electrons. The van der Waals surface area contributed by atoms with Crippen LogP contribution in [-0.4, -0.2) is 34.4 Å². The monoisotopic (exact) mass is 362 g/mol. The van der Waals surface area contributed by atoms with Gasteiger partial charge in [0.1, 0.15) is 6.04 Å². The fourth-order valence-corrected chi connectivity index (χ4v) is 2.22. The van der Waals surface area contributed by atoms with Crippen LogP contribution in [0, 0.1) is 5.41 Å². The summed E-state index contributed by atoms with van der Waals surface area (Å²) in [6.45, 7) is 5.39. The SMILES string of the molecule is CC(C)(C)C(O)C[C@H](NC(=O)O)C(=O)Nc1ccc(Cl)cc1Cl. The Morgan fingerprint density at radius 1 is 1.26 bits per heavy atom. The summed E-state index contributed by atoms with van der Waals surface area (Å²) in [4.78, 5) is 23.2. The van der Waals surface area contributed by atoms with E-state index in [2.05, 4.69) is 10.6 Å². The van der Waals surface area contributed by atoms with Crippen molar-refractivity contribution >= 4 is 40.9 Å². The van der Waals surface area contributed by atoms with E-state index in [9.17, 15) is 14.7 Å². The van der Waals surface area contributed by atoms with Crippen molar-refractivity contribution in [2.45, 2.75) is 39.3 Å². The van der Waals surface area contributed by atoms with Gasteiger partial charge in [-0.05, 0) is 23.6 Å². The van der Waals surface area contributed by atoms with Crippen LogP contribution >= 0.6 is 23.2 Å². The van der Waals surface area contributed by atoms with E-state index in [-0.39, 0.29) is 11.4 Å². The second-order valence-corrected chi connectivity index (χ2v) is 7.08. The van der Waals surface area contributed by atoms with E-state index in [1.54, 1.807) is 26.8 Å².